The molecule has 3 aliphatic heterocycles. The van der Waals surface area contributed by atoms with Crippen molar-refractivity contribution < 1.29 is 14.3 Å². The van der Waals surface area contributed by atoms with Crippen LogP contribution in [0.5, 0.6) is 0 Å². The van der Waals surface area contributed by atoms with E-state index in [9.17, 15) is 4.79 Å². The zero-order valence-corrected chi connectivity index (χ0v) is 15.0. The van der Waals surface area contributed by atoms with E-state index in [2.05, 4.69) is 47.1 Å². The molecule has 5 rings (SSSR count). The molecular weight excluding hydrogens is 328 g/mol. The van der Waals surface area contributed by atoms with Gasteiger partial charge in [0.2, 0.25) is 0 Å². The van der Waals surface area contributed by atoms with Crippen LogP contribution in [-0.4, -0.2) is 42.2 Å². The van der Waals surface area contributed by atoms with Crippen LogP contribution in [0.3, 0.4) is 0 Å². The van der Waals surface area contributed by atoms with E-state index in [0.717, 1.165) is 25.0 Å². The third kappa shape index (κ3) is 2.13. The van der Waals surface area contributed by atoms with Crippen molar-refractivity contribution in [2.75, 3.05) is 20.2 Å². The van der Waals surface area contributed by atoms with Gasteiger partial charge in [-0.25, -0.2) is 4.79 Å². The quantitative estimate of drug-likeness (QED) is 0.792. The average Bonchev–Trinajstić information content (AvgIpc) is 3.06. The highest BCUT2D eigenvalue weighted by molar-refractivity contribution is 5.89. The molecule has 3 aliphatic rings. The highest BCUT2D eigenvalue weighted by Gasteiger charge is 2.43. The fraction of sp³-hybridized carbons (Fsp3) is 0.381. The lowest BCUT2D eigenvalue weighted by molar-refractivity contribution is -0.138. The molecule has 3 atom stereocenters. The number of nitrogens with zero attached hydrogens (tertiary/aromatic N) is 1. The first-order valence-corrected chi connectivity index (χ1v) is 9.16. The van der Waals surface area contributed by atoms with Crippen molar-refractivity contribution in [1.82, 2.24) is 9.88 Å². The molecule has 0 spiro atoms. The molecule has 0 amide bonds. The molecule has 1 aromatic carbocycles. The second kappa shape index (κ2) is 5.66. The van der Waals surface area contributed by atoms with Gasteiger partial charge in [-0.1, -0.05) is 24.3 Å². The number of ether oxygens (including phenoxy) is 2. The van der Waals surface area contributed by atoms with Gasteiger partial charge in [0.25, 0.3) is 0 Å². The fourth-order valence-electron chi connectivity index (χ4n) is 4.73. The predicted octanol–water partition coefficient (Wildman–Crippen LogP) is 1.48. The maximum absolute atomic E-state index is 12.3. The van der Waals surface area contributed by atoms with E-state index in [1.54, 1.807) is 6.26 Å². The molecule has 4 heterocycles. The molecular formula is C21H22N2O3. The summed E-state index contributed by atoms with van der Waals surface area (Å²) in [5.41, 5.74) is 3.12. The number of hydrogen-bond donors (Lipinski definition) is 1. The zero-order valence-electron chi connectivity index (χ0n) is 15.0. The van der Waals surface area contributed by atoms with Gasteiger partial charge < -0.3 is 19.4 Å². The number of nitrogens with one attached hydrogen (secondary N) is 1. The molecule has 5 heteroatoms. The number of fused-ring (bicyclic) bond motifs is 5. The van der Waals surface area contributed by atoms with Crippen LogP contribution in [0.15, 0.2) is 36.1 Å². The molecule has 1 aromatic heterocycles. The monoisotopic (exact) mass is 350 g/mol. The Morgan fingerprint density at radius 1 is 1.35 bits per heavy atom. The largest absolute Gasteiger partial charge is 0.497 e. The lowest BCUT2D eigenvalue weighted by Gasteiger charge is -2.45. The standard InChI is InChI=1S/C21H22N2O3/c1-12-16-10-23-8-7-14-13-5-3-4-6-18(13)22-20(14)19(23)9-15(16)17(11-26-12)21(24)25-2/h3-7,11-12,15-16,22H,8-10H2,1-2H3/t12-,15-,16+/m0/s1. The second-order valence-electron chi connectivity index (χ2n) is 7.40. The van der Waals surface area contributed by atoms with E-state index >= 15 is 0 Å². The number of H-pyrrole nitrogens is 1. The number of rotatable bonds is 1. The molecule has 2 aromatic rings. The first-order valence-electron chi connectivity index (χ1n) is 9.16. The minimum Gasteiger partial charge on any atom is -0.497 e. The van der Waals surface area contributed by atoms with Crippen LogP contribution < -0.4 is 10.6 Å². The number of benzene rings is 1. The van der Waals surface area contributed by atoms with E-state index in [0.29, 0.717) is 5.57 Å². The molecule has 5 nitrogen and oxygen atoms in total. The van der Waals surface area contributed by atoms with E-state index in [-0.39, 0.29) is 23.9 Å². The molecule has 1 fully saturated rings. The molecule has 0 aliphatic carbocycles. The summed E-state index contributed by atoms with van der Waals surface area (Å²) >= 11 is 0. The number of esters is 1. The number of aromatic nitrogens is 1. The highest BCUT2D eigenvalue weighted by Crippen LogP contribution is 2.41. The molecule has 0 radical (unpaired) electrons. The third-order valence-electron chi connectivity index (χ3n) is 6.13. The van der Waals surface area contributed by atoms with Gasteiger partial charge in [-0.2, -0.15) is 0 Å². The Kier molecular flexibility index (Phi) is 3.39. The summed E-state index contributed by atoms with van der Waals surface area (Å²) in [6, 6.07) is 8.42. The van der Waals surface area contributed by atoms with Gasteiger partial charge in [-0.15, -0.1) is 0 Å². The Balaban J connectivity index is 1.67. The van der Waals surface area contributed by atoms with Gasteiger partial charge in [0.1, 0.15) is 6.10 Å². The predicted molar refractivity (Wildman–Crippen MR) is 99.2 cm³/mol. The van der Waals surface area contributed by atoms with Crippen molar-refractivity contribution in [3.05, 3.63) is 46.7 Å². The minimum atomic E-state index is -0.278. The molecule has 0 bridgehead atoms. The van der Waals surface area contributed by atoms with Crippen molar-refractivity contribution >= 4 is 28.6 Å². The Labute approximate surface area is 151 Å². The van der Waals surface area contributed by atoms with E-state index < -0.39 is 0 Å². The maximum atomic E-state index is 12.3. The van der Waals surface area contributed by atoms with Gasteiger partial charge in [0.15, 0.2) is 0 Å². The lowest BCUT2D eigenvalue weighted by atomic mass is 9.75. The van der Waals surface area contributed by atoms with Crippen LogP contribution in [0.1, 0.15) is 13.3 Å². The average molecular weight is 350 g/mol. The number of piperidine rings is 1. The second-order valence-corrected chi connectivity index (χ2v) is 7.40. The SMILES string of the molecule is COC(=O)C1=CO[C@@H](C)[C@H]2CN3CC=c4c([nH]c5ccccc45)=C3C[C@H]12. The van der Waals surface area contributed by atoms with Crippen molar-refractivity contribution in [3.63, 3.8) is 0 Å². The topological polar surface area (TPSA) is 54.6 Å². The Morgan fingerprint density at radius 2 is 2.19 bits per heavy atom. The van der Waals surface area contributed by atoms with Gasteiger partial charge >= 0.3 is 5.97 Å². The number of para-hydroxylation sites is 1. The van der Waals surface area contributed by atoms with Crippen molar-refractivity contribution in [2.24, 2.45) is 11.8 Å². The Morgan fingerprint density at radius 3 is 3.04 bits per heavy atom. The summed E-state index contributed by atoms with van der Waals surface area (Å²) in [6.45, 7) is 3.88. The highest BCUT2D eigenvalue weighted by atomic mass is 16.5. The number of carbonyl (C=O) groups excluding carboxylic acids is 1. The zero-order chi connectivity index (χ0) is 17.8. The number of carbonyl (C=O) groups is 1. The van der Waals surface area contributed by atoms with Crippen molar-refractivity contribution in [2.45, 2.75) is 19.4 Å². The number of aromatic amines is 1. The van der Waals surface area contributed by atoms with Crippen LogP contribution in [-0.2, 0) is 14.3 Å². The van der Waals surface area contributed by atoms with E-state index in [1.165, 1.54) is 28.8 Å². The van der Waals surface area contributed by atoms with Crippen LogP contribution in [0, 0.1) is 11.8 Å². The Hall–Kier alpha value is -2.69. The minimum absolute atomic E-state index is 0.0964. The molecule has 26 heavy (non-hydrogen) atoms. The molecule has 1 N–H and O–H groups in total. The van der Waals surface area contributed by atoms with Crippen LogP contribution in [0.2, 0.25) is 0 Å². The van der Waals surface area contributed by atoms with Crippen LogP contribution in [0.4, 0.5) is 0 Å². The third-order valence-corrected chi connectivity index (χ3v) is 6.13. The first-order chi connectivity index (χ1) is 12.7. The van der Waals surface area contributed by atoms with Crippen LogP contribution in [0.25, 0.3) is 22.7 Å². The summed E-state index contributed by atoms with van der Waals surface area (Å²) in [6.07, 6.45) is 4.85. The molecule has 1 saturated heterocycles. The first kappa shape index (κ1) is 15.6. The molecule has 134 valence electrons. The maximum Gasteiger partial charge on any atom is 0.337 e. The molecule has 0 saturated carbocycles. The molecule has 0 unspecified atom stereocenters. The smallest absolute Gasteiger partial charge is 0.337 e. The van der Waals surface area contributed by atoms with E-state index in [1.807, 2.05) is 0 Å². The van der Waals surface area contributed by atoms with Gasteiger partial charge in [-0.05, 0) is 19.4 Å². The van der Waals surface area contributed by atoms with Crippen molar-refractivity contribution in [1.29, 1.82) is 0 Å². The van der Waals surface area contributed by atoms with E-state index in [4.69, 9.17) is 9.47 Å². The summed E-state index contributed by atoms with van der Waals surface area (Å²) in [5, 5.41) is 3.74. The summed E-state index contributed by atoms with van der Waals surface area (Å²) in [5.74, 6) is 0.146. The van der Waals surface area contributed by atoms with Gasteiger partial charge in [0, 0.05) is 46.7 Å². The summed E-state index contributed by atoms with van der Waals surface area (Å²) in [7, 11) is 1.43. The van der Waals surface area contributed by atoms with Gasteiger partial charge in [0.05, 0.1) is 24.3 Å². The fourth-order valence-corrected chi connectivity index (χ4v) is 4.73. The summed E-state index contributed by atoms with van der Waals surface area (Å²) in [4.78, 5) is 18.3. The summed E-state index contributed by atoms with van der Waals surface area (Å²) < 4.78 is 10.8. The van der Waals surface area contributed by atoms with Crippen molar-refractivity contribution in [3.8, 4) is 0 Å². The number of methoxy groups -OCH3 is 1. The normalized spacial score (nSPS) is 26.8. The number of hydrogen-bond acceptors (Lipinski definition) is 4. The van der Waals surface area contributed by atoms with Gasteiger partial charge in [-0.3, -0.25) is 0 Å². The Bertz CT molecular complexity index is 1050. The van der Waals surface area contributed by atoms with Crippen LogP contribution >= 0.6 is 0 Å². The lowest BCUT2D eigenvalue weighted by Crippen LogP contribution is -2.51.